The Morgan fingerprint density at radius 2 is 1.65 bits per heavy atom. The van der Waals surface area contributed by atoms with E-state index in [9.17, 15) is 0 Å². The summed E-state index contributed by atoms with van der Waals surface area (Å²) in [5, 5.41) is 3.20. The molecule has 0 amide bonds. The second-order valence-electron chi connectivity index (χ2n) is 7.09. The largest absolute Gasteiger partial charge is 0.463 e. The van der Waals surface area contributed by atoms with Gasteiger partial charge in [0.05, 0.1) is 25.9 Å². The minimum absolute atomic E-state index is 0.0176. The fourth-order valence-corrected chi connectivity index (χ4v) is 2.46. The maximum atomic E-state index is 5.77. The van der Waals surface area contributed by atoms with Crippen molar-refractivity contribution in [1.82, 2.24) is 5.32 Å². The number of nitrogens with zero attached hydrogens (tertiary/aromatic N) is 1. The number of nitrogens with one attached hydrogen (secondary N) is 1. The third-order valence-electron chi connectivity index (χ3n) is 3.40. The SMILES string of the molecule is CC(C)OC(=NCC1COC(C)(C)O1)NCC1COC(C)(C)O1. The number of hydrogen-bond donors (Lipinski definition) is 1. The molecule has 2 aliphatic heterocycles. The minimum atomic E-state index is -0.534. The summed E-state index contributed by atoms with van der Waals surface area (Å²) in [6.45, 7) is 13.7. The van der Waals surface area contributed by atoms with Gasteiger partial charge >= 0.3 is 0 Å². The third-order valence-corrected chi connectivity index (χ3v) is 3.40. The predicted molar refractivity (Wildman–Crippen MR) is 86.3 cm³/mol. The number of ether oxygens (including phenoxy) is 5. The molecule has 0 bridgehead atoms. The lowest BCUT2D eigenvalue weighted by Crippen LogP contribution is -2.37. The molecule has 23 heavy (non-hydrogen) atoms. The van der Waals surface area contributed by atoms with Crippen LogP contribution in [0, 0.1) is 0 Å². The summed E-state index contributed by atoms with van der Waals surface area (Å²) >= 11 is 0. The summed E-state index contributed by atoms with van der Waals surface area (Å²) in [7, 11) is 0. The van der Waals surface area contributed by atoms with Crippen LogP contribution in [0.25, 0.3) is 0 Å². The lowest BCUT2D eigenvalue weighted by molar-refractivity contribution is -0.137. The van der Waals surface area contributed by atoms with Crippen molar-refractivity contribution in [2.75, 3.05) is 26.3 Å². The molecule has 2 fully saturated rings. The van der Waals surface area contributed by atoms with Crippen molar-refractivity contribution in [1.29, 1.82) is 0 Å². The molecule has 2 aliphatic rings. The van der Waals surface area contributed by atoms with Crippen molar-refractivity contribution >= 4 is 6.02 Å². The van der Waals surface area contributed by atoms with E-state index in [0.717, 1.165) is 0 Å². The van der Waals surface area contributed by atoms with Crippen molar-refractivity contribution in [2.45, 2.75) is 71.4 Å². The molecule has 134 valence electrons. The van der Waals surface area contributed by atoms with Gasteiger partial charge in [-0.05, 0) is 41.5 Å². The van der Waals surface area contributed by atoms with Crippen molar-refractivity contribution in [3.05, 3.63) is 0 Å². The number of rotatable bonds is 5. The van der Waals surface area contributed by atoms with E-state index < -0.39 is 11.6 Å². The van der Waals surface area contributed by atoms with E-state index in [2.05, 4.69) is 10.3 Å². The Bertz CT molecular complexity index is 423. The summed E-state index contributed by atoms with van der Waals surface area (Å²) in [5.74, 6) is -1.06. The molecule has 7 nitrogen and oxygen atoms in total. The van der Waals surface area contributed by atoms with Gasteiger partial charge in [0.25, 0.3) is 6.02 Å². The average Bonchev–Trinajstić information content (AvgIpc) is 2.94. The first-order chi connectivity index (χ1) is 10.7. The molecule has 2 rings (SSSR count). The van der Waals surface area contributed by atoms with E-state index in [4.69, 9.17) is 23.7 Å². The summed E-state index contributed by atoms with van der Waals surface area (Å²) in [5.41, 5.74) is 0. The predicted octanol–water partition coefficient (Wildman–Crippen LogP) is 1.66. The first-order valence-electron chi connectivity index (χ1n) is 8.24. The highest BCUT2D eigenvalue weighted by Crippen LogP contribution is 2.23. The van der Waals surface area contributed by atoms with E-state index in [-0.39, 0.29) is 18.3 Å². The second kappa shape index (κ2) is 7.34. The normalized spacial score (nSPS) is 30.0. The van der Waals surface area contributed by atoms with Gasteiger partial charge in [-0.25, -0.2) is 4.99 Å². The molecule has 0 aromatic rings. The zero-order valence-corrected chi connectivity index (χ0v) is 15.0. The molecule has 7 heteroatoms. The molecule has 0 saturated carbocycles. The monoisotopic (exact) mass is 330 g/mol. The molecule has 2 atom stereocenters. The Morgan fingerprint density at radius 1 is 1.09 bits per heavy atom. The summed E-state index contributed by atoms with van der Waals surface area (Å²) < 4.78 is 28.3. The zero-order chi connectivity index (χ0) is 17.1. The van der Waals surface area contributed by atoms with Gasteiger partial charge in [0.15, 0.2) is 11.6 Å². The van der Waals surface area contributed by atoms with Crippen LogP contribution in [0.5, 0.6) is 0 Å². The van der Waals surface area contributed by atoms with Crippen molar-refractivity contribution in [2.24, 2.45) is 4.99 Å². The highest BCUT2D eigenvalue weighted by molar-refractivity contribution is 5.73. The van der Waals surface area contributed by atoms with Crippen molar-refractivity contribution in [3.63, 3.8) is 0 Å². The van der Waals surface area contributed by atoms with Gasteiger partial charge < -0.3 is 29.0 Å². The molecule has 2 unspecified atom stereocenters. The van der Waals surface area contributed by atoms with Crippen molar-refractivity contribution in [3.8, 4) is 0 Å². The van der Waals surface area contributed by atoms with Crippen LogP contribution in [-0.2, 0) is 23.7 Å². The lowest BCUT2D eigenvalue weighted by Gasteiger charge is -2.19. The molecule has 0 aromatic heterocycles. The van der Waals surface area contributed by atoms with Gasteiger partial charge in [0, 0.05) is 6.54 Å². The summed E-state index contributed by atoms with van der Waals surface area (Å²) in [6.07, 6.45) is -0.0332. The third kappa shape index (κ3) is 6.25. The Hall–Kier alpha value is -0.890. The number of amidine groups is 1. The average molecular weight is 330 g/mol. The van der Waals surface area contributed by atoms with E-state index in [1.54, 1.807) is 0 Å². The topological polar surface area (TPSA) is 70.5 Å². The second-order valence-corrected chi connectivity index (χ2v) is 7.09. The molecule has 2 heterocycles. The molecule has 1 N–H and O–H groups in total. The van der Waals surface area contributed by atoms with Crippen molar-refractivity contribution < 1.29 is 23.7 Å². The minimum Gasteiger partial charge on any atom is -0.463 e. The van der Waals surface area contributed by atoms with E-state index in [0.29, 0.717) is 32.3 Å². The van der Waals surface area contributed by atoms with Gasteiger partial charge in [-0.3, -0.25) is 0 Å². The summed E-state index contributed by atoms with van der Waals surface area (Å²) in [6, 6.07) is 0.501. The summed E-state index contributed by atoms with van der Waals surface area (Å²) in [4.78, 5) is 4.49. The van der Waals surface area contributed by atoms with E-state index in [1.807, 2.05) is 41.5 Å². The number of hydrogen-bond acceptors (Lipinski definition) is 6. The highest BCUT2D eigenvalue weighted by Gasteiger charge is 2.33. The van der Waals surface area contributed by atoms with Crippen LogP contribution in [0.2, 0.25) is 0 Å². The highest BCUT2D eigenvalue weighted by atomic mass is 16.7. The van der Waals surface area contributed by atoms with Crippen LogP contribution in [0.3, 0.4) is 0 Å². The molecule has 0 radical (unpaired) electrons. The van der Waals surface area contributed by atoms with Crippen LogP contribution >= 0.6 is 0 Å². The van der Waals surface area contributed by atoms with Gasteiger partial charge in [0.1, 0.15) is 12.2 Å². The first-order valence-corrected chi connectivity index (χ1v) is 8.24. The fourth-order valence-electron chi connectivity index (χ4n) is 2.46. The Labute approximate surface area is 138 Å². The zero-order valence-electron chi connectivity index (χ0n) is 15.0. The molecule has 2 saturated heterocycles. The molecular formula is C16H30N2O5. The maximum absolute atomic E-state index is 5.77. The molecule has 0 aliphatic carbocycles. The Balaban J connectivity index is 1.83. The Morgan fingerprint density at radius 3 is 2.13 bits per heavy atom. The van der Waals surface area contributed by atoms with Crippen LogP contribution in [0.1, 0.15) is 41.5 Å². The van der Waals surface area contributed by atoms with Crippen LogP contribution < -0.4 is 5.32 Å². The molecular weight excluding hydrogens is 300 g/mol. The quantitative estimate of drug-likeness (QED) is 0.611. The molecule has 0 spiro atoms. The number of aliphatic imine (C=N–C) groups is 1. The van der Waals surface area contributed by atoms with Crippen LogP contribution in [-0.4, -0.2) is 62.2 Å². The Kier molecular flexibility index (Phi) is 5.89. The van der Waals surface area contributed by atoms with E-state index in [1.165, 1.54) is 0 Å². The lowest BCUT2D eigenvalue weighted by atomic mass is 10.3. The van der Waals surface area contributed by atoms with Crippen LogP contribution in [0.4, 0.5) is 0 Å². The van der Waals surface area contributed by atoms with Gasteiger partial charge in [0.2, 0.25) is 0 Å². The van der Waals surface area contributed by atoms with E-state index >= 15 is 0 Å². The fraction of sp³-hybridized carbons (Fsp3) is 0.938. The van der Waals surface area contributed by atoms with Crippen LogP contribution in [0.15, 0.2) is 4.99 Å². The standard InChI is InChI=1S/C16H30N2O5/c1-11(2)21-14(17-7-12-9-19-15(3,4)22-12)18-8-13-10-20-16(5,6)23-13/h11-13H,7-10H2,1-6H3,(H,17,18). The molecule has 0 aromatic carbocycles. The van der Waals surface area contributed by atoms with Gasteiger partial charge in [-0.2, -0.15) is 0 Å². The smallest absolute Gasteiger partial charge is 0.285 e. The van der Waals surface area contributed by atoms with Gasteiger partial charge in [-0.15, -0.1) is 0 Å². The maximum Gasteiger partial charge on any atom is 0.285 e. The first kappa shape index (κ1) is 18.4. The van der Waals surface area contributed by atoms with Gasteiger partial charge in [-0.1, -0.05) is 0 Å².